The summed E-state index contributed by atoms with van der Waals surface area (Å²) < 4.78 is 5.40. The van der Waals surface area contributed by atoms with Crippen molar-refractivity contribution in [2.45, 2.75) is 53.0 Å². The second-order valence-electron chi connectivity index (χ2n) is 9.06. The number of ether oxygens (including phenoxy) is 1. The molecule has 0 unspecified atom stereocenters. The highest BCUT2D eigenvalue weighted by Crippen LogP contribution is 2.27. The Morgan fingerprint density at radius 1 is 1.16 bits per heavy atom. The molecule has 2 heterocycles. The van der Waals surface area contributed by atoms with Crippen molar-refractivity contribution in [2.24, 2.45) is 0 Å². The molecular formula is C24H35N5O2. The van der Waals surface area contributed by atoms with Gasteiger partial charge in [0.25, 0.3) is 0 Å². The number of benzene rings is 1. The number of rotatable bonds is 5. The quantitative estimate of drug-likeness (QED) is 0.793. The lowest BCUT2D eigenvalue weighted by Gasteiger charge is -2.37. The molecule has 2 amide bonds. The maximum Gasteiger partial charge on any atom is 0.317 e. The molecule has 1 aliphatic heterocycles. The minimum Gasteiger partial charge on any atom is -0.497 e. The van der Waals surface area contributed by atoms with Crippen LogP contribution < -0.4 is 15.0 Å². The van der Waals surface area contributed by atoms with Gasteiger partial charge in [0.05, 0.1) is 7.11 Å². The second-order valence-corrected chi connectivity index (χ2v) is 9.06. The zero-order valence-electron chi connectivity index (χ0n) is 19.7. The van der Waals surface area contributed by atoms with Crippen molar-refractivity contribution in [1.82, 2.24) is 20.2 Å². The van der Waals surface area contributed by atoms with Crippen molar-refractivity contribution in [3.8, 4) is 5.75 Å². The topological polar surface area (TPSA) is 70.6 Å². The standard InChI is InChI=1S/C24H35N5O2/c1-7-21-20(16-18-9-8-10-19(15-18)31-6)22(26-17(2)25-21)28-11-13-29(14-12-28)23(30)27-24(3,4)5/h8-10,15H,7,11-14,16H2,1-6H3,(H,27,30). The molecule has 0 radical (unpaired) electrons. The number of nitrogens with zero attached hydrogens (tertiary/aromatic N) is 4. The van der Waals surface area contributed by atoms with Crippen LogP contribution in [0, 0.1) is 6.92 Å². The fourth-order valence-electron chi connectivity index (χ4n) is 3.88. The van der Waals surface area contributed by atoms with Crippen LogP contribution in [0.5, 0.6) is 5.75 Å². The molecule has 1 fully saturated rings. The molecule has 7 nitrogen and oxygen atoms in total. The number of carbonyl (C=O) groups is 1. The van der Waals surface area contributed by atoms with Crippen molar-refractivity contribution in [3.05, 3.63) is 46.9 Å². The van der Waals surface area contributed by atoms with Crippen molar-refractivity contribution in [1.29, 1.82) is 0 Å². The second kappa shape index (κ2) is 9.54. The van der Waals surface area contributed by atoms with Crippen LogP contribution in [0.1, 0.15) is 50.3 Å². The number of hydrogen-bond acceptors (Lipinski definition) is 5. The Bertz CT molecular complexity index is 915. The number of urea groups is 1. The van der Waals surface area contributed by atoms with Crippen LogP contribution in [-0.2, 0) is 12.8 Å². The number of aryl methyl sites for hydroxylation is 2. The first kappa shape index (κ1) is 22.8. The molecule has 1 N–H and O–H groups in total. The Morgan fingerprint density at radius 2 is 1.87 bits per heavy atom. The number of amides is 2. The molecule has 168 valence electrons. The molecule has 7 heteroatoms. The SMILES string of the molecule is CCc1nc(C)nc(N2CCN(C(=O)NC(C)(C)C)CC2)c1Cc1cccc(OC)c1. The largest absolute Gasteiger partial charge is 0.497 e. The van der Waals surface area contributed by atoms with Crippen molar-refractivity contribution < 1.29 is 9.53 Å². The molecule has 0 bridgehead atoms. The number of anilines is 1. The van der Waals surface area contributed by atoms with Crippen LogP contribution in [-0.4, -0.2) is 59.7 Å². The Hall–Kier alpha value is -2.83. The monoisotopic (exact) mass is 425 g/mol. The molecule has 1 aromatic carbocycles. The molecule has 1 saturated heterocycles. The van der Waals surface area contributed by atoms with E-state index in [4.69, 9.17) is 14.7 Å². The molecule has 1 aromatic heterocycles. The van der Waals surface area contributed by atoms with Crippen molar-refractivity contribution in [2.75, 3.05) is 38.2 Å². The van der Waals surface area contributed by atoms with Gasteiger partial charge < -0.3 is 19.9 Å². The van der Waals surface area contributed by atoms with E-state index in [1.54, 1.807) is 7.11 Å². The fourth-order valence-corrected chi connectivity index (χ4v) is 3.88. The predicted octanol–water partition coefficient (Wildman–Crippen LogP) is 3.58. The third kappa shape index (κ3) is 5.87. The van der Waals surface area contributed by atoms with E-state index in [1.807, 2.05) is 44.7 Å². The molecular weight excluding hydrogens is 390 g/mol. The summed E-state index contributed by atoms with van der Waals surface area (Å²) in [7, 11) is 1.69. The maximum atomic E-state index is 12.5. The summed E-state index contributed by atoms with van der Waals surface area (Å²) in [5, 5.41) is 3.06. The van der Waals surface area contributed by atoms with Gasteiger partial charge in [-0.3, -0.25) is 0 Å². The first-order valence-electron chi connectivity index (χ1n) is 11.0. The van der Waals surface area contributed by atoms with Crippen LogP contribution in [0.4, 0.5) is 10.6 Å². The van der Waals surface area contributed by atoms with Gasteiger partial charge in [-0.15, -0.1) is 0 Å². The van der Waals surface area contributed by atoms with Crippen molar-refractivity contribution in [3.63, 3.8) is 0 Å². The third-order valence-corrected chi connectivity index (χ3v) is 5.38. The first-order chi connectivity index (χ1) is 14.7. The number of carbonyl (C=O) groups excluding carboxylic acids is 1. The average molecular weight is 426 g/mol. The van der Waals surface area contributed by atoms with Gasteiger partial charge in [-0.1, -0.05) is 19.1 Å². The van der Waals surface area contributed by atoms with E-state index < -0.39 is 0 Å². The zero-order valence-corrected chi connectivity index (χ0v) is 19.7. The van der Waals surface area contributed by atoms with E-state index in [0.717, 1.165) is 54.6 Å². The lowest BCUT2D eigenvalue weighted by atomic mass is 10.0. The lowest BCUT2D eigenvalue weighted by Crippen LogP contribution is -2.55. The van der Waals surface area contributed by atoms with Crippen LogP contribution in [0.15, 0.2) is 24.3 Å². The summed E-state index contributed by atoms with van der Waals surface area (Å²) in [6.45, 7) is 12.9. The maximum absolute atomic E-state index is 12.5. The number of methoxy groups -OCH3 is 1. The summed E-state index contributed by atoms with van der Waals surface area (Å²) in [6, 6.07) is 8.15. The normalized spacial score (nSPS) is 14.5. The van der Waals surface area contributed by atoms with E-state index in [9.17, 15) is 4.79 Å². The molecule has 0 saturated carbocycles. The van der Waals surface area contributed by atoms with E-state index in [2.05, 4.69) is 29.3 Å². The summed E-state index contributed by atoms with van der Waals surface area (Å²) in [5.41, 5.74) is 3.18. The number of hydrogen-bond donors (Lipinski definition) is 1. The Balaban J connectivity index is 1.82. The van der Waals surface area contributed by atoms with Crippen molar-refractivity contribution >= 4 is 11.8 Å². The van der Waals surface area contributed by atoms with Gasteiger partial charge in [0.1, 0.15) is 17.4 Å². The van der Waals surface area contributed by atoms with Crippen LogP contribution in [0.25, 0.3) is 0 Å². The van der Waals surface area contributed by atoms with Gasteiger partial charge in [-0.25, -0.2) is 14.8 Å². The molecule has 0 spiro atoms. The first-order valence-corrected chi connectivity index (χ1v) is 11.0. The van der Waals surface area contributed by atoms with Gasteiger partial charge in [-0.2, -0.15) is 0 Å². The molecule has 2 aromatic rings. The highest BCUT2D eigenvalue weighted by molar-refractivity contribution is 5.75. The van der Waals surface area contributed by atoms with Gasteiger partial charge in [-0.05, 0) is 51.8 Å². The Morgan fingerprint density at radius 3 is 2.48 bits per heavy atom. The van der Waals surface area contributed by atoms with E-state index in [0.29, 0.717) is 13.1 Å². The molecule has 1 aliphatic rings. The predicted molar refractivity (Wildman–Crippen MR) is 124 cm³/mol. The minimum absolute atomic E-state index is 0.00290. The summed E-state index contributed by atoms with van der Waals surface area (Å²) >= 11 is 0. The fraction of sp³-hybridized carbons (Fsp3) is 0.542. The van der Waals surface area contributed by atoms with E-state index in [1.165, 1.54) is 5.56 Å². The molecule has 0 atom stereocenters. The minimum atomic E-state index is -0.238. The van der Waals surface area contributed by atoms with E-state index in [-0.39, 0.29) is 11.6 Å². The van der Waals surface area contributed by atoms with E-state index >= 15 is 0 Å². The highest BCUT2D eigenvalue weighted by Gasteiger charge is 2.26. The summed E-state index contributed by atoms with van der Waals surface area (Å²) in [4.78, 5) is 26.3. The van der Waals surface area contributed by atoms with Crippen LogP contribution in [0.3, 0.4) is 0 Å². The van der Waals surface area contributed by atoms with Gasteiger partial charge in [0.15, 0.2) is 0 Å². The molecule has 31 heavy (non-hydrogen) atoms. The number of piperazine rings is 1. The Kier molecular flexibility index (Phi) is 7.03. The van der Waals surface area contributed by atoms with Gasteiger partial charge in [0, 0.05) is 49.4 Å². The number of aromatic nitrogens is 2. The lowest BCUT2D eigenvalue weighted by molar-refractivity contribution is 0.185. The van der Waals surface area contributed by atoms with Crippen LogP contribution in [0.2, 0.25) is 0 Å². The summed E-state index contributed by atoms with van der Waals surface area (Å²) in [6.07, 6.45) is 1.60. The molecule has 3 rings (SSSR count). The molecule has 0 aliphatic carbocycles. The average Bonchev–Trinajstić information content (AvgIpc) is 2.73. The van der Waals surface area contributed by atoms with Crippen LogP contribution >= 0.6 is 0 Å². The highest BCUT2D eigenvalue weighted by atomic mass is 16.5. The van der Waals surface area contributed by atoms with Gasteiger partial charge in [0.2, 0.25) is 0 Å². The smallest absolute Gasteiger partial charge is 0.317 e. The summed E-state index contributed by atoms with van der Waals surface area (Å²) in [5.74, 6) is 2.63. The zero-order chi connectivity index (χ0) is 22.6. The Labute approximate surface area is 185 Å². The van der Waals surface area contributed by atoms with Gasteiger partial charge >= 0.3 is 6.03 Å². The number of nitrogens with one attached hydrogen (secondary N) is 1. The third-order valence-electron chi connectivity index (χ3n) is 5.38.